The van der Waals surface area contributed by atoms with Crippen molar-refractivity contribution in [3.8, 4) is 0 Å². The monoisotopic (exact) mass is 512 g/mol. The van der Waals surface area contributed by atoms with Gasteiger partial charge in [-0.15, -0.1) is 0 Å². The summed E-state index contributed by atoms with van der Waals surface area (Å²) >= 11 is 0. The lowest BCUT2D eigenvalue weighted by Gasteiger charge is -2.36. The Balaban J connectivity index is 1.77. The van der Waals surface area contributed by atoms with Crippen molar-refractivity contribution in [2.24, 2.45) is 32.9 Å². The highest BCUT2D eigenvalue weighted by atomic mass is 32.2. The van der Waals surface area contributed by atoms with Crippen molar-refractivity contribution < 1.29 is 4.74 Å². The zero-order valence-corrected chi connectivity index (χ0v) is 25.3. The molecule has 0 amide bonds. The lowest BCUT2D eigenvalue weighted by Crippen LogP contribution is -2.30. The van der Waals surface area contributed by atoms with Crippen LogP contribution in [0.3, 0.4) is 0 Å². The molecule has 202 valence electrons. The van der Waals surface area contributed by atoms with E-state index >= 15 is 0 Å². The van der Waals surface area contributed by atoms with E-state index in [2.05, 4.69) is 78.2 Å². The first kappa shape index (κ1) is 27.9. The fourth-order valence-corrected chi connectivity index (χ4v) is 7.62. The Kier molecular flexibility index (Phi) is 8.77. The number of hydrogen-bond acceptors (Lipinski definition) is 2. The maximum atomic E-state index is 5.42. The molecule has 3 aliphatic rings. The zero-order valence-electron chi connectivity index (χ0n) is 24.5. The number of allylic oxidation sites excluding steroid dienone is 4. The van der Waals surface area contributed by atoms with Gasteiger partial charge >= 0.3 is 0 Å². The summed E-state index contributed by atoms with van der Waals surface area (Å²) in [5.41, 5.74) is 6.39. The van der Waals surface area contributed by atoms with E-state index in [-0.39, 0.29) is 21.5 Å². The molecule has 0 N–H and O–H groups in total. The Bertz CT molecular complexity index is 1000. The summed E-state index contributed by atoms with van der Waals surface area (Å²) in [6.45, 7) is 22.9. The van der Waals surface area contributed by atoms with Crippen LogP contribution < -0.4 is 0 Å². The van der Waals surface area contributed by atoms with Crippen LogP contribution in [0.1, 0.15) is 98.4 Å². The number of aromatic nitrogens is 1. The molecule has 0 bridgehead atoms. The van der Waals surface area contributed by atoms with Crippen molar-refractivity contribution in [2.75, 3.05) is 25.5 Å². The van der Waals surface area contributed by atoms with Gasteiger partial charge in [0.05, 0.1) is 19.8 Å². The van der Waals surface area contributed by atoms with Gasteiger partial charge in [-0.1, -0.05) is 90.6 Å². The first-order valence-corrected chi connectivity index (χ1v) is 15.9. The summed E-state index contributed by atoms with van der Waals surface area (Å²) in [4.78, 5) is 1.49. The maximum Gasteiger partial charge on any atom is 0.0534 e. The fraction of sp³-hybridized carbons (Fsp3) is 0.750. The Morgan fingerprint density at radius 3 is 2.28 bits per heavy atom. The van der Waals surface area contributed by atoms with Gasteiger partial charge in [-0.25, -0.2) is 0 Å². The van der Waals surface area contributed by atoms with Crippen LogP contribution in [-0.4, -0.2) is 30.1 Å². The predicted octanol–water partition coefficient (Wildman–Crippen LogP) is 8.63. The summed E-state index contributed by atoms with van der Waals surface area (Å²) in [5, 5.41) is 0. The Morgan fingerprint density at radius 2 is 1.72 bits per heavy atom. The second-order valence-electron chi connectivity index (χ2n) is 13.7. The van der Waals surface area contributed by atoms with Crippen LogP contribution >= 0.6 is 0 Å². The van der Waals surface area contributed by atoms with Crippen molar-refractivity contribution in [1.82, 2.24) is 4.57 Å². The van der Waals surface area contributed by atoms with Crippen molar-refractivity contribution >= 4 is 16.3 Å². The van der Waals surface area contributed by atoms with E-state index in [1.165, 1.54) is 60.5 Å². The van der Waals surface area contributed by atoms with Crippen LogP contribution in [0.2, 0.25) is 0 Å². The molecule has 2 aliphatic carbocycles. The average Bonchev–Trinajstić information content (AvgIpc) is 3.11. The second kappa shape index (κ2) is 11.3. The molecule has 2 heterocycles. The number of ether oxygens (including phenoxy) is 1. The van der Waals surface area contributed by atoms with Gasteiger partial charge < -0.3 is 9.30 Å². The van der Waals surface area contributed by atoms with Crippen LogP contribution in [0, 0.1) is 35.5 Å². The lowest BCUT2D eigenvalue weighted by atomic mass is 9.70. The second-order valence-corrected chi connectivity index (χ2v) is 15.7. The molecule has 2 unspecified atom stereocenters. The summed E-state index contributed by atoms with van der Waals surface area (Å²) in [6.07, 6.45) is 13.2. The summed E-state index contributed by atoms with van der Waals surface area (Å²) < 4.78 is 13.4. The number of hydrogen-bond donors (Lipinski definition) is 0. The molecular weight excluding hydrogens is 460 g/mol. The van der Waals surface area contributed by atoms with Gasteiger partial charge in [0, 0.05) is 34.5 Å². The average molecular weight is 513 g/mol. The van der Waals surface area contributed by atoms with Crippen LogP contribution in [0.25, 0.3) is 5.57 Å². The van der Waals surface area contributed by atoms with Crippen molar-refractivity contribution in [1.29, 1.82) is 0 Å². The molecule has 2 fully saturated rings. The minimum atomic E-state index is -0.0400. The van der Waals surface area contributed by atoms with Crippen LogP contribution in [-0.2, 0) is 22.0 Å². The molecule has 3 nitrogen and oxygen atoms in total. The Hall–Kier alpha value is -1.13. The molecule has 0 spiro atoms. The van der Waals surface area contributed by atoms with Gasteiger partial charge in [0.2, 0.25) is 0 Å². The normalized spacial score (nSPS) is 23.4. The van der Waals surface area contributed by atoms with E-state index in [0.29, 0.717) is 11.8 Å². The van der Waals surface area contributed by atoms with E-state index in [0.717, 1.165) is 37.9 Å². The maximum absolute atomic E-state index is 5.42. The third-order valence-corrected chi connectivity index (χ3v) is 10.6. The van der Waals surface area contributed by atoms with E-state index in [9.17, 15) is 0 Å². The standard InChI is InChI=1S/C32H52N2OS/c1-9-36(33-19-25-21-35-22-25)30-18-29(34(23(30)2)20-24-13-11-10-12-14-24)26-15-27(31(3,4)5)17-28(16-26)32(6,7)8/h15,17-18,24-25,28H,9-14,16,19-22H2,1-8H3. The highest BCUT2D eigenvalue weighted by molar-refractivity contribution is 7.87. The van der Waals surface area contributed by atoms with Crippen LogP contribution in [0.4, 0.5) is 0 Å². The summed E-state index contributed by atoms with van der Waals surface area (Å²) in [7, 11) is -0.0400. The quantitative estimate of drug-likeness (QED) is 0.359. The largest absolute Gasteiger partial charge is 0.381 e. The molecule has 1 aliphatic heterocycles. The topological polar surface area (TPSA) is 26.5 Å². The van der Waals surface area contributed by atoms with E-state index < -0.39 is 0 Å². The Labute approximate surface area is 224 Å². The number of rotatable bonds is 7. The summed E-state index contributed by atoms with van der Waals surface area (Å²) in [5.74, 6) is 3.09. The minimum Gasteiger partial charge on any atom is -0.381 e. The summed E-state index contributed by atoms with van der Waals surface area (Å²) in [6, 6.07) is 2.56. The van der Waals surface area contributed by atoms with E-state index in [1.807, 2.05) is 0 Å². The molecule has 0 aromatic carbocycles. The molecule has 1 aromatic rings. The van der Waals surface area contributed by atoms with Crippen molar-refractivity contribution in [2.45, 2.75) is 105 Å². The molecule has 2 atom stereocenters. The van der Waals surface area contributed by atoms with E-state index in [1.54, 1.807) is 5.57 Å². The number of nitrogens with zero attached hydrogens (tertiary/aromatic N) is 2. The Morgan fingerprint density at radius 1 is 1.03 bits per heavy atom. The highest BCUT2D eigenvalue weighted by Crippen LogP contribution is 2.44. The van der Waals surface area contributed by atoms with Crippen molar-refractivity contribution in [3.05, 3.63) is 35.2 Å². The molecule has 1 saturated heterocycles. The third kappa shape index (κ3) is 6.46. The smallest absolute Gasteiger partial charge is 0.0534 e. The van der Waals surface area contributed by atoms with Gasteiger partial charge in [0.25, 0.3) is 0 Å². The predicted molar refractivity (Wildman–Crippen MR) is 157 cm³/mol. The van der Waals surface area contributed by atoms with Gasteiger partial charge in [-0.2, -0.15) is 0 Å². The lowest BCUT2D eigenvalue weighted by molar-refractivity contribution is -0.0263. The molecule has 0 radical (unpaired) electrons. The molecule has 36 heavy (non-hydrogen) atoms. The highest BCUT2D eigenvalue weighted by Gasteiger charge is 2.32. The van der Waals surface area contributed by atoms with Crippen LogP contribution in [0.15, 0.2) is 33.0 Å². The van der Waals surface area contributed by atoms with Gasteiger partial charge in [-0.05, 0) is 66.1 Å². The molecular formula is C32H52N2OS. The van der Waals surface area contributed by atoms with Gasteiger partial charge in [0.15, 0.2) is 0 Å². The molecule has 1 saturated carbocycles. The zero-order chi connectivity index (χ0) is 26.1. The third-order valence-electron chi connectivity index (χ3n) is 8.67. The fourth-order valence-electron chi connectivity index (χ4n) is 5.90. The first-order valence-electron chi connectivity index (χ1n) is 14.6. The molecule has 1 aromatic heterocycles. The first-order chi connectivity index (χ1) is 17.0. The molecule has 4 rings (SSSR count). The molecule has 4 heteroatoms. The van der Waals surface area contributed by atoms with Gasteiger partial charge in [0.1, 0.15) is 0 Å². The van der Waals surface area contributed by atoms with Gasteiger partial charge in [-0.3, -0.25) is 4.36 Å². The van der Waals surface area contributed by atoms with Crippen LogP contribution in [0.5, 0.6) is 0 Å². The SMILES string of the molecule is CCS(=NCC1COC1)c1cc(C2=CC(C(C)(C)C)=CC(C(C)(C)C)C2)n(CC2CCCCC2)c1C. The van der Waals surface area contributed by atoms with Crippen molar-refractivity contribution in [3.63, 3.8) is 0 Å². The minimum absolute atomic E-state index is 0.0400. The van der Waals surface area contributed by atoms with E-state index in [4.69, 9.17) is 9.10 Å².